The Kier molecular flexibility index (Phi) is 5.46. The number of hydrogen-bond acceptors (Lipinski definition) is 7. The van der Waals surface area contributed by atoms with Crippen molar-refractivity contribution in [2.75, 3.05) is 41.3 Å². The molecule has 0 saturated carbocycles. The number of nitrogens with one attached hydrogen (secondary N) is 1. The molecular weight excluding hydrogens is 370 g/mol. The lowest BCUT2D eigenvalue weighted by Gasteiger charge is -2.36. The first-order valence-electron chi connectivity index (χ1n) is 9.36. The van der Waals surface area contributed by atoms with E-state index in [1.807, 2.05) is 18.2 Å². The summed E-state index contributed by atoms with van der Waals surface area (Å²) in [5.74, 6) is 0.822. The largest absolute Gasteiger partial charge is 0.368 e. The van der Waals surface area contributed by atoms with Crippen molar-refractivity contribution >= 4 is 23.2 Å². The molecule has 2 aromatic heterocycles. The molecule has 1 fully saturated rings. The first-order valence-corrected chi connectivity index (χ1v) is 9.36. The van der Waals surface area contributed by atoms with Crippen LogP contribution in [0.25, 0.3) is 0 Å². The third kappa shape index (κ3) is 4.57. The molecule has 3 aromatic rings. The molecule has 148 valence electrons. The predicted molar refractivity (Wildman–Crippen MR) is 110 cm³/mol. The number of rotatable bonds is 5. The average molecular weight is 391 g/mol. The van der Waals surface area contributed by atoms with Crippen LogP contribution in [0, 0.1) is 0 Å². The SMILES string of the molecule is O=C(Cn1cnccc1=O)Nc1cc(N2CCN(c3ccccc3)CC2)ncn1. The van der Waals surface area contributed by atoms with Gasteiger partial charge >= 0.3 is 0 Å². The number of piperazine rings is 1. The van der Waals surface area contributed by atoms with E-state index in [9.17, 15) is 9.59 Å². The number of carbonyl (C=O) groups is 1. The summed E-state index contributed by atoms with van der Waals surface area (Å²) in [6.45, 7) is 3.30. The van der Waals surface area contributed by atoms with E-state index < -0.39 is 0 Å². The van der Waals surface area contributed by atoms with E-state index >= 15 is 0 Å². The van der Waals surface area contributed by atoms with Crippen LogP contribution in [0.15, 0.2) is 66.1 Å². The van der Waals surface area contributed by atoms with Crippen LogP contribution in [0.5, 0.6) is 0 Å². The molecule has 0 aliphatic carbocycles. The highest BCUT2D eigenvalue weighted by atomic mass is 16.2. The van der Waals surface area contributed by atoms with Gasteiger partial charge in [0.2, 0.25) is 5.91 Å². The van der Waals surface area contributed by atoms with E-state index in [0.29, 0.717) is 5.82 Å². The molecule has 0 atom stereocenters. The zero-order valence-corrected chi connectivity index (χ0v) is 15.8. The Morgan fingerprint density at radius 1 is 1.00 bits per heavy atom. The molecule has 3 heterocycles. The van der Waals surface area contributed by atoms with Crippen LogP contribution in [0.3, 0.4) is 0 Å². The van der Waals surface area contributed by atoms with Crippen LogP contribution in [0.1, 0.15) is 0 Å². The van der Waals surface area contributed by atoms with Gasteiger partial charge in [-0.15, -0.1) is 0 Å². The summed E-state index contributed by atoms with van der Waals surface area (Å²) in [4.78, 5) is 40.8. The molecule has 0 spiro atoms. The van der Waals surface area contributed by atoms with Crippen molar-refractivity contribution in [3.63, 3.8) is 0 Å². The number of benzene rings is 1. The van der Waals surface area contributed by atoms with Gasteiger partial charge in [0.15, 0.2) is 0 Å². The second-order valence-corrected chi connectivity index (χ2v) is 6.67. The zero-order chi connectivity index (χ0) is 20.1. The smallest absolute Gasteiger partial charge is 0.253 e. The standard InChI is InChI=1S/C20H21N7O2/c28-19(13-27-15-21-7-6-20(27)29)24-17-12-18(23-14-22-17)26-10-8-25(9-11-26)16-4-2-1-3-5-16/h1-7,12,14-15H,8-11,13H2,(H,22,23,24,28). The van der Waals surface area contributed by atoms with E-state index in [0.717, 1.165) is 32.0 Å². The van der Waals surface area contributed by atoms with Crippen LogP contribution in [0.4, 0.5) is 17.3 Å². The molecule has 29 heavy (non-hydrogen) atoms. The monoisotopic (exact) mass is 391 g/mol. The van der Waals surface area contributed by atoms with Gasteiger partial charge < -0.3 is 15.1 Å². The van der Waals surface area contributed by atoms with E-state index in [-0.39, 0.29) is 18.0 Å². The first-order chi connectivity index (χ1) is 14.2. The van der Waals surface area contributed by atoms with E-state index in [4.69, 9.17) is 0 Å². The van der Waals surface area contributed by atoms with Crippen molar-refractivity contribution < 1.29 is 4.79 Å². The highest BCUT2D eigenvalue weighted by Crippen LogP contribution is 2.20. The van der Waals surface area contributed by atoms with Gasteiger partial charge in [0, 0.05) is 50.2 Å². The number of para-hydroxylation sites is 1. The number of anilines is 3. The van der Waals surface area contributed by atoms with E-state index in [1.165, 1.54) is 35.2 Å². The maximum Gasteiger partial charge on any atom is 0.253 e. The third-order valence-electron chi connectivity index (χ3n) is 4.75. The van der Waals surface area contributed by atoms with Crippen LogP contribution in [-0.4, -0.2) is 51.6 Å². The number of nitrogens with zero attached hydrogens (tertiary/aromatic N) is 6. The lowest BCUT2D eigenvalue weighted by molar-refractivity contribution is -0.116. The van der Waals surface area contributed by atoms with Gasteiger partial charge in [-0.3, -0.25) is 14.2 Å². The van der Waals surface area contributed by atoms with Crippen LogP contribution in [-0.2, 0) is 11.3 Å². The van der Waals surface area contributed by atoms with Crippen molar-refractivity contribution in [2.24, 2.45) is 0 Å². The van der Waals surface area contributed by atoms with Crippen molar-refractivity contribution in [1.29, 1.82) is 0 Å². The molecule has 1 aliphatic rings. The van der Waals surface area contributed by atoms with Crippen molar-refractivity contribution in [1.82, 2.24) is 19.5 Å². The van der Waals surface area contributed by atoms with E-state index in [2.05, 4.69) is 42.2 Å². The fraction of sp³-hybridized carbons (Fsp3) is 0.250. The van der Waals surface area contributed by atoms with Crippen molar-refractivity contribution in [3.05, 3.63) is 71.7 Å². The minimum Gasteiger partial charge on any atom is -0.368 e. The fourth-order valence-corrected chi connectivity index (χ4v) is 3.26. The second kappa shape index (κ2) is 8.51. The maximum atomic E-state index is 12.2. The van der Waals surface area contributed by atoms with Gasteiger partial charge in [0.1, 0.15) is 24.5 Å². The molecule has 4 rings (SSSR count). The first kappa shape index (κ1) is 18.6. The molecule has 9 heteroatoms. The Morgan fingerprint density at radius 3 is 2.52 bits per heavy atom. The average Bonchev–Trinajstić information content (AvgIpc) is 2.76. The fourth-order valence-electron chi connectivity index (χ4n) is 3.26. The van der Waals surface area contributed by atoms with Crippen LogP contribution in [0.2, 0.25) is 0 Å². The summed E-state index contributed by atoms with van der Waals surface area (Å²) < 4.78 is 1.24. The summed E-state index contributed by atoms with van der Waals surface area (Å²) in [6, 6.07) is 13.4. The highest BCUT2D eigenvalue weighted by molar-refractivity contribution is 5.89. The second-order valence-electron chi connectivity index (χ2n) is 6.67. The summed E-state index contributed by atoms with van der Waals surface area (Å²) in [5, 5.41) is 2.72. The predicted octanol–water partition coefficient (Wildman–Crippen LogP) is 0.999. The quantitative estimate of drug-likeness (QED) is 0.693. The molecule has 1 N–H and O–H groups in total. The summed E-state index contributed by atoms with van der Waals surface area (Å²) >= 11 is 0. The van der Waals surface area contributed by atoms with Gasteiger partial charge in [-0.2, -0.15) is 0 Å². The maximum absolute atomic E-state index is 12.2. The van der Waals surface area contributed by atoms with E-state index in [1.54, 1.807) is 6.07 Å². The molecule has 0 bridgehead atoms. The topological polar surface area (TPSA) is 96.2 Å². The molecular formula is C20H21N7O2. The molecule has 1 aromatic carbocycles. The Balaban J connectivity index is 1.37. The summed E-state index contributed by atoms with van der Waals surface area (Å²) in [6.07, 6.45) is 4.16. The third-order valence-corrected chi connectivity index (χ3v) is 4.75. The summed E-state index contributed by atoms with van der Waals surface area (Å²) in [7, 11) is 0. The molecule has 1 amide bonds. The van der Waals surface area contributed by atoms with Gasteiger partial charge in [-0.05, 0) is 12.1 Å². The normalized spacial score (nSPS) is 13.9. The number of amides is 1. The minimum absolute atomic E-state index is 0.123. The lowest BCUT2D eigenvalue weighted by atomic mass is 10.2. The minimum atomic E-state index is -0.348. The Labute approximate surface area is 167 Å². The molecule has 1 aliphatic heterocycles. The lowest BCUT2D eigenvalue weighted by Crippen LogP contribution is -2.46. The van der Waals surface area contributed by atoms with Crippen molar-refractivity contribution in [3.8, 4) is 0 Å². The van der Waals surface area contributed by atoms with Gasteiger partial charge in [-0.1, -0.05) is 18.2 Å². The van der Waals surface area contributed by atoms with Gasteiger partial charge in [0.25, 0.3) is 5.56 Å². The number of aromatic nitrogens is 4. The Bertz CT molecular complexity index is 1030. The van der Waals surface area contributed by atoms with Gasteiger partial charge in [-0.25, -0.2) is 15.0 Å². The summed E-state index contributed by atoms with van der Waals surface area (Å²) in [5.41, 5.74) is 0.934. The number of carbonyl (C=O) groups excluding carboxylic acids is 1. The van der Waals surface area contributed by atoms with Gasteiger partial charge in [0.05, 0.1) is 6.33 Å². The van der Waals surface area contributed by atoms with Crippen molar-refractivity contribution in [2.45, 2.75) is 6.54 Å². The Morgan fingerprint density at radius 2 is 1.76 bits per heavy atom. The van der Waals surface area contributed by atoms with Crippen LogP contribution >= 0.6 is 0 Å². The molecule has 9 nitrogen and oxygen atoms in total. The molecule has 0 unspecified atom stereocenters. The van der Waals surface area contributed by atoms with Crippen LogP contribution < -0.4 is 20.7 Å². The molecule has 1 saturated heterocycles. The number of hydrogen-bond donors (Lipinski definition) is 1. The molecule has 0 radical (unpaired) electrons. The highest BCUT2D eigenvalue weighted by Gasteiger charge is 2.19. The Hall–Kier alpha value is -3.75. The zero-order valence-electron chi connectivity index (χ0n) is 15.8.